The Bertz CT molecular complexity index is 505. The summed E-state index contributed by atoms with van der Waals surface area (Å²) in [5.41, 5.74) is 6.13. The number of hydrogen-bond donors (Lipinski definition) is 2. The van der Waals surface area contributed by atoms with Crippen LogP contribution in [0.1, 0.15) is 17.9 Å². The summed E-state index contributed by atoms with van der Waals surface area (Å²) in [6.45, 7) is 1.42. The number of carbonyl (C=O) groups is 1. The summed E-state index contributed by atoms with van der Waals surface area (Å²) < 4.78 is 11.0. The third-order valence-electron chi connectivity index (χ3n) is 3.58. The van der Waals surface area contributed by atoms with Gasteiger partial charge in [-0.1, -0.05) is 6.07 Å². The van der Waals surface area contributed by atoms with E-state index in [0.29, 0.717) is 24.2 Å². The second kappa shape index (κ2) is 4.62. The first-order chi connectivity index (χ1) is 9.15. The van der Waals surface area contributed by atoms with Crippen LogP contribution in [0.5, 0.6) is 11.5 Å². The molecule has 2 aliphatic rings. The molecule has 0 aromatic heterocycles. The van der Waals surface area contributed by atoms with E-state index in [0.717, 1.165) is 23.5 Å². The van der Waals surface area contributed by atoms with E-state index >= 15 is 0 Å². The number of benzene rings is 1. The van der Waals surface area contributed by atoms with E-state index in [9.17, 15) is 10.0 Å². The van der Waals surface area contributed by atoms with Crippen LogP contribution in [0.25, 0.3) is 0 Å². The van der Waals surface area contributed by atoms with Gasteiger partial charge in [-0.3, -0.25) is 5.21 Å². The minimum Gasteiger partial charge on any atom is -0.486 e. The molecule has 3 rings (SSSR count). The molecule has 1 fully saturated rings. The van der Waals surface area contributed by atoms with Crippen molar-refractivity contribution in [3.05, 3.63) is 23.8 Å². The normalized spacial score (nSPS) is 23.8. The summed E-state index contributed by atoms with van der Waals surface area (Å²) >= 11 is 0. The minimum atomic E-state index is -0.812. The van der Waals surface area contributed by atoms with E-state index in [1.165, 1.54) is 0 Å². The molecule has 0 radical (unpaired) electrons. The summed E-state index contributed by atoms with van der Waals surface area (Å²) in [7, 11) is 0. The molecule has 6 heteroatoms. The third kappa shape index (κ3) is 2.44. The highest BCUT2D eigenvalue weighted by molar-refractivity contribution is 5.70. The van der Waals surface area contributed by atoms with Gasteiger partial charge in [0.2, 0.25) is 0 Å². The summed E-state index contributed by atoms with van der Waals surface area (Å²) in [6.07, 6.45) is 0.935. The summed E-state index contributed by atoms with van der Waals surface area (Å²) in [5, 5.41) is 9.88. The van der Waals surface area contributed by atoms with Crippen molar-refractivity contribution in [3.63, 3.8) is 0 Å². The minimum absolute atomic E-state index is 0.250. The van der Waals surface area contributed by atoms with Crippen molar-refractivity contribution in [1.82, 2.24) is 5.06 Å². The van der Waals surface area contributed by atoms with E-state index in [4.69, 9.17) is 15.2 Å². The fourth-order valence-electron chi connectivity index (χ4n) is 2.46. The van der Waals surface area contributed by atoms with Gasteiger partial charge < -0.3 is 15.2 Å². The monoisotopic (exact) mass is 264 g/mol. The van der Waals surface area contributed by atoms with Gasteiger partial charge >= 0.3 is 6.03 Å². The fraction of sp³-hybridized carbons (Fsp3) is 0.462. The molecule has 1 heterocycles. The Morgan fingerprint density at radius 1 is 1.37 bits per heavy atom. The number of fused-ring (bicyclic) bond motifs is 1. The van der Waals surface area contributed by atoms with Crippen LogP contribution in [0.2, 0.25) is 0 Å². The Kier molecular flexibility index (Phi) is 2.94. The van der Waals surface area contributed by atoms with Crippen molar-refractivity contribution in [3.8, 4) is 11.5 Å². The molecule has 1 aromatic carbocycles. The predicted octanol–water partition coefficient (Wildman–Crippen LogP) is 1.33. The molecule has 0 saturated heterocycles. The third-order valence-corrected chi connectivity index (χ3v) is 3.58. The largest absolute Gasteiger partial charge is 0.486 e. The van der Waals surface area contributed by atoms with Crippen LogP contribution in [0, 0.1) is 5.92 Å². The van der Waals surface area contributed by atoms with Gasteiger partial charge in [0.15, 0.2) is 11.5 Å². The molecule has 19 heavy (non-hydrogen) atoms. The van der Waals surface area contributed by atoms with Crippen LogP contribution in [0.15, 0.2) is 18.2 Å². The standard InChI is InChI=1S/C13H16N2O4/c14-13(16)15(17)7-9-5-10(9)8-1-2-11-12(6-8)19-4-3-18-11/h1-2,6,9-10,17H,3-5,7H2,(H2,14,16)/t9-,10-/m0/s1. The SMILES string of the molecule is NC(=O)N(O)C[C@@H]1C[C@H]1c1ccc2c(c1)OCCO2. The lowest BCUT2D eigenvalue weighted by atomic mass is 10.1. The van der Waals surface area contributed by atoms with Crippen LogP contribution < -0.4 is 15.2 Å². The lowest BCUT2D eigenvalue weighted by Crippen LogP contribution is -2.34. The second-order valence-corrected chi connectivity index (χ2v) is 4.93. The number of urea groups is 1. The van der Waals surface area contributed by atoms with Crippen molar-refractivity contribution in [2.45, 2.75) is 12.3 Å². The van der Waals surface area contributed by atoms with Crippen LogP contribution >= 0.6 is 0 Å². The zero-order valence-electron chi connectivity index (χ0n) is 10.4. The molecular weight excluding hydrogens is 248 g/mol. The fourth-order valence-corrected chi connectivity index (χ4v) is 2.46. The smallest absolute Gasteiger partial charge is 0.338 e. The molecule has 6 nitrogen and oxygen atoms in total. The molecule has 102 valence electrons. The molecule has 1 aromatic rings. The van der Waals surface area contributed by atoms with Crippen LogP contribution in [-0.2, 0) is 0 Å². The van der Waals surface area contributed by atoms with Crippen molar-refractivity contribution >= 4 is 6.03 Å². The molecule has 0 spiro atoms. The first-order valence-electron chi connectivity index (χ1n) is 6.30. The molecule has 0 bridgehead atoms. The highest BCUT2D eigenvalue weighted by atomic mass is 16.6. The van der Waals surface area contributed by atoms with E-state index < -0.39 is 6.03 Å². The van der Waals surface area contributed by atoms with E-state index in [1.54, 1.807) is 0 Å². The average molecular weight is 264 g/mol. The Morgan fingerprint density at radius 3 is 2.84 bits per heavy atom. The Hall–Kier alpha value is -1.95. The van der Waals surface area contributed by atoms with Gasteiger partial charge in [0, 0.05) is 0 Å². The lowest BCUT2D eigenvalue weighted by molar-refractivity contribution is -0.0431. The summed E-state index contributed by atoms with van der Waals surface area (Å²) in [4.78, 5) is 10.8. The number of nitrogens with two attached hydrogens (primary N) is 1. The van der Waals surface area contributed by atoms with Gasteiger partial charge in [-0.25, -0.2) is 9.86 Å². The van der Waals surface area contributed by atoms with Gasteiger partial charge in [-0.05, 0) is 36.0 Å². The highest BCUT2D eigenvalue weighted by Crippen LogP contribution is 2.49. The van der Waals surface area contributed by atoms with Crippen molar-refractivity contribution < 1.29 is 19.5 Å². The number of primary amides is 1. The summed E-state index contributed by atoms with van der Waals surface area (Å²) in [5.74, 6) is 2.13. The van der Waals surface area contributed by atoms with Crippen molar-refractivity contribution in [2.24, 2.45) is 11.7 Å². The molecule has 1 saturated carbocycles. The van der Waals surface area contributed by atoms with E-state index in [1.807, 2.05) is 18.2 Å². The Labute approximate surface area is 110 Å². The maximum atomic E-state index is 10.8. The molecule has 2 atom stereocenters. The van der Waals surface area contributed by atoms with Gasteiger partial charge in [-0.15, -0.1) is 0 Å². The van der Waals surface area contributed by atoms with Gasteiger partial charge in [0.1, 0.15) is 13.2 Å². The van der Waals surface area contributed by atoms with Gasteiger partial charge in [0.25, 0.3) is 0 Å². The number of hydrogen-bond acceptors (Lipinski definition) is 4. The number of ether oxygens (including phenoxy) is 2. The van der Waals surface area contributed by atoms with Crippen LogP contribution in [0.3, 0.4) is 0 Å². The lowest BCUT2D eigenvalue weighted by Gasteiger charge is -2.19. The molecular formula is C13H16N2O4. The molecule has 2 amide bonds. The van der Waals surface area contributed by atoms with Gasteiger partial charge in [0.05, 0.1) is 6.54 Å². The van der Waals surface area contributed by atoms with Crippen LogP contribution in [0.4, 0.5) is 4.79 Å². The van der Waals surface area contributed by atoms with Crippen LogP contribution in [-0.4, -0.2) is 36.1 Å². The topological polar surface area (TPSA) is 85.0 Å². The molecule has 0 unspecified atom stereocenters. The second-order valence-electron chi connectivity index (χ2n) is 4.93. The number of nitrogens with zero attached hydrogens (tertiary/aromatic N) is 1. The molecule has 1 aliphatic carbocycles. The van der Waals surface area contributed by atoms with Gasteiger partial charge in [-0.2, -0.15) is 0 Å². The quantitative estimate of drug-likeness (QED) is 0.637. The van der Waals surface area contributed by atoms with E-state index in [2.05, 4.69) is 0 Å². The summed E-state index contributed by atoms with van der Waals surface area (Å²) in [6, 6.07) is 5.08. The van der Waals surface area contributed by atoms with Crippen molar-refractivity contribution in [2.75, 3.05) is 19.8 Å². The zero-order chi connectivity index (χ0) is 13.4. The predicted molar refractivity (Wildman–Crippen MR) is 66.4 cm³/mol. The van der Waals surface area contributed by atoms with Crippen molar-refractivity contribution in [1.29, 1.82) is 0 Å². The number of carbonyl (C=O) groups excluding carboxylic acids is 1. The maximum absolute atomic E-state index is 10.8. The average Bonchev–Trinajstić information content (AvgIpc) is 3.17. The van der Waals surface area contributed by atoms with E-state index in [-0.39, 0.29) is 12.5 Å². The Balaban J connectivity index is 1.66. The first-order valence-corrected chi connectivity index (χ1v) is 6.30. The number of hydroxylamine groups is 2. The molecule has 1 aliphatic heterocycles. The highest BCUT2D eigenvalue weighted by Gasteiger charge is 2.40. The zero-order valence-corrected chi connectivity index (χ0v) is 10.4. The first kappa shape index (κ1) is 12.1. The number of amides is 2. The maximum Gasteiger partial charge on any atom is 0.338 e. The molecule has 3 N–H and O–H groups in total. The Morgan fingerprint density at radius 2 is 2.11 bits per heavy atom. The number of rotatable bonds is 3.